The van der Waals surface area contributed by atoms with Gasteiger partial charge in [-0.3, -0.25) is 5.10 Å². The van der Waals surface area contributed by atoms with Crippen LogP contribution >= 0.6 is 0 Å². The van der Waals surface area contributed by atoms with Crippen LogP contribution < -0.4 is 4.72 Å². The minimum absolute atomic E-state index is 0.00498. The van der Waals surface area contributed by atoms with Crippen molar-refractivity contribution in [1.29, 1.82) is 0 Å². The van der Waals surface area contributed by atoms with E-state index in [1.807, 2.05) is 0 Å². The molecule has 1 aromatic carbocycles. The van der Waals surface area contributed by atoms with Gasteiger partial charge in [0, 0.05) is 12.0 Å². The smallest absolute Gasteiger partial charge is 0.240 e. The number of aromatic nitrogens is 3. The Morgan fingerprint density at radius 3 is 2.67 bits per heavy atom. The van der Waals surface area contributed by atoms with Crippen molar-refractivity contribution >= 4 is 10.0 Å². The normalized spacial score (nSPS) is 10.9. The number of hydrogen-bond acceptors (Lipinski definition) is 5. The van der Waals surface area contributed by atoms with Gasteiger partial charge in [0.05, 0.1) is 18.0 Å². The number of benzene rings is 1. The van der Waals surface area contributed by atoms with Gasteiger partial charge in [-0.15, -0.1) is 0 Å². The van der Waals surface area contributed by atoms with Crippen LogP contribution in [0.5, 0.6) is 0 Å². The van der Waals surface area contributed by atoms with E-state index < -0.39 is 10.0 Å². The monoisotopic (exact) mass is 306 g/mol. The van der Waals surface area contributed by atoms with E-state index in [1.54, 1.807) is 12.1 Å². The standard InChI is InChI=1S/C13H14N4O3S/c18-8-2-1-3-11-4-6-12(7-5-11)21(19,20)16-9-13-14-10-15-17-13/h4-7,10,16,18H,2,8-9H2,(H,14,15,17). The van der Waals surface area contributed by atoms with Crippen molar-refractivity contribution in [1.82, 2.24) is 19.9 Å². The van der Waals surface area contributed by atoms with Gasteiger partial charge in [0.25, 0.3) is 0 Å². The van der Waals surface area contributed by atoms with E-state index in [2.05, 4.69) is 31.7 Å². The number of H-pyrrole nitrogens is 1. The Morgan fingerprint density at radius 1 is 1.29 bits per heavy atom. The van der Waals surface area contributed by atoms with Crippen LogP contribution in [0.2, 0.25) is 0 Å². The number of aliphatic hydroxyl groups excluding tert-OH is 1. The lowest BCUT2D eigenvalue weighted by atomic mass is 10.2. The second-order valence-electron chi connectivity index (χ2n) is 4.06. The fourth-order valence-electron chi connectivity index (χ4n) is 1.50. The first kappa shape index (κ1) is 15.2. The third-order valence-corrected chi connectivity index (χ3v) is 3.95. The Hall–Kier alpha value is -2.21. The van der Waals surface area contributed by atoms with E-state index in [1.165, 1.54) is 18.5 Å². The fourth-order valence-corrected chi connectivity index (χ4v) is 2.49. The third kappa shape index (κ3) is 4.39. The van der Waals surface area contributed by atoms with E-state index in [4.69, 9.17) is 5.11 Å². The first-order chi connectivity index (χ1) is 10.1. The highest BCUT2D eigenvalue weighted by Crippen LogP contribution is 2.10. The van der Waals surface area contributed by atoms with E-state index >= 15 is 0 Å². The van der Waals surface area contributed by atoms with E-state index in [0.717, 1.165) is 0 Å². The van der Waals surface area contributed by atoms with Crippen LogP contribution in [-0.2, 0) is 16.6 Å². The summed E-state index contributed by atoms with van der Waals surface area (Å²) in [6.07, 6.45) is 1.70. The highest BCUT2D eigenvalue weighted by Gasteiger charge is 2.13. The summed E-state index contributed by atoms with van der Waals surface area (Å²) >= 11 is 0. The van der Waals surface area contributed by atoms with E-state index in [9.17, 15) is 8.42 Å². The van der Waals surface area contributed by atoms with Crippen molar-refractivity contribution < 1.29 is 13.5 Å². The molecular formula is C13H14N4O3S. The molecule has 1 heterocycles. The lowest BCUT2D eigenvalue weighted by Crippen LogP contribution is -2.23. The number of aliphatic hydroxyl groups is 1. The number of hydrogen-bond donors (Lipinski definition) is 3. The average molecular weight is 306 g/mol. The molecule has 8 heteroatoms. The van der Waals surface area contributed by atoms with Crippen LogP contribution in [0.25, 0.3) is 0 Å². The molecule has 7 nitrogen and oxygen atoms in total. The summed E-state index contributed by atoms with van der Waals surface area (Å²) in [7, 11) is -3.60. The second-order valence-corrected chi connectivity index (χ2v) is 5.82. The van der Waals surface area contributed by atoms with Gasteiger partial charge >= 0.3 is 0 Å². The van der Waals surface area contributed by atoms with E-state index in [-0.39, 0.29) is 18.0 Å². The van der Waals surface area contributed by atoms with Crippen molar-refractivity contribution in [2.45, 2.75) is 17.9 Å². The summed E-state index contributed by atoms with van der Waals surface area (Å²) in [5, 5.41) is 14.8. The number of rotatable bonds is 5. The van der Waals surface area contributed by atoms with Crippen LogP contribution in [0.4, 0.5) is 0 Å². The molecule has 0 radical (unpaired) electrons. The van der Waals surface area contributed by atoms with Crippen molar-refractivity contribution in [2.75, 3.05) is 6.61 Å². The summed E-state index contributed by atoms with van der Waals surface area (Å²) in [6, 6.07) is 6.19. The predicted octanol–water partition coefficient (Wildman–Crippen LogP) is 0.0171. The van der Waals surface area contributed by atoms with Gasteiger partial charge in [0.1, 0.15) is 12.2 Å². The molecule has 0 saturated carbocycles. The average Bonchev–Trinajstić information content (AvgIpc) is 3.00. The zero-order chi connectivity index (χ0) is 15.1. The van der Waals surface area contributed by atoms with Crippen LogP contribution in [0, 0.1) is 11.8 Å². The van der Waals surface area contributed by atoms with Crippen molar-refractivity contribution in [2.24, 2.45) is 0 Å². The molecule has 0 amide bonds. The maximum Gasteiger partial charge on any atom is 0.240 e. The molecule has 0 unspecified atom stereocenters. The van der Waals surface area contributed by atoms with E-state index in [0.29, 0.717) is 17.8 Å². The van der Waals surface area contributed by atoms with Gasteiger partial charge in [-0.25, -0.2) is 18.1 Å². The molecule has 0 aliphatic rings. The first-order valence-corrected chi connectivity index (χ1v) is 7.64. The predicted molar refractivity (Wildman–Crippen MR) is 75.4 cm³/mol. The minimum atomic E-state index is -3.60. The maximum atomic E-state index is 12.1. The Morgan fingerprint density at radius 2 is 2.05 bits per heavy atom. The van der Waals surface area contributed by atoms with Crippen LogP contribution in [0.15, 0.2) is 35.5 Å². The summed E-state index contributed by atoms with van der Waals surface area (Å²) in [5.74, 6) is 6.03. The zero-order valence-corrected chi connectivity index (χ0v) is 11.9. The molecule has 21 heavy (non-hydrogen) atoms. The minimum Gasteiger partial charge on any atom is -0.395 e. The maximum absolute atomic E-state index is 12.1. The molecule has 0 aliphatic heterocycles. The van der Waals surface area contributed by atoms with Crippen LogP contribution in [-0.4, -0.2) is 35.3 Å². The Kier molecular flexibility index (Phi) is 5.05. The Labute approximate surface area is 122 Å². The molecule has 0 saturated heterocycles. The summed E-state index contributed by atoms with van der Waals surface area (Å²) in [6.45, 7) is 0.0470. The quantitative estimate of drug-likeness (QED) is 0.675. The van der Waals surface area contributed by atoms with Gasteiger partial charge in [-0.2, -0.15) is 5.10 Å². The topological polar surface area (TPSA) is 108 Å². The molecule has 110 valence electrons. The summed E-state index contributed by atoms with van der Waals surface area (Å²) in [5.41, 5.74) is 0.692. The summed E-state index contributed by atoms with van der Waals surface area (Å²) in [4.78, 5) is 3.98. The molecule has 3 N–H and O–H groups in total. The largest absolute Gasteiger partial charge is 0.395 e. The zero-order valence-electron chi connectivity index (χ0n) is 11.1. The Bertz CT molecular complexity index is 728. The molecular weight excluding hydrogens is 292 g/mol. The van der Waals surface area contributed by atoms with Gasteiger partial charge < -0.3 is 5.11 Å². The van der Waals surface area contributed by atoms with Crippen molar-refractivity contribution in [3.8, 4) is 11.8 Å². The lowest BCUT2D eigenvalue weighted by Gasteiger charge is -2.05. The van der Waals surface area contributed by atoms with Gasteiger partial charge in [0.15, 0.2) is 0 Å². The number of nitrogens with one attached hydrogen (secondary N) is 2. The molecule has 1 aromatic heterocycles. The summed E-state index contributed by atoms with van der Waals surface area (Å²) < 4.78 is 26.5. The molecule has 0 atom stereocenters. The van der Waals surface area contributed by atoms with Gasteiger partial charge in [-0.05, 0) is 24.3 Å². The lowest BCUT2D eigenvalue weighted by molar-refractivity contribution is 0.305. The SMILES string of the molecule is O=S(=O)(NCc1ncn[nH]1)c1ccc(C#CCCO)cc1. The van der Waals surface area contributed by atoms with Crippen LogP contribution in [0.1, 0.15) is 17.8 Å². The molecule has 0 fully saturated rings. The molecule has 0 aliphatic carbocycles. The van der Waals surface area contributed by atoms with Crippen molar-refractivity contribution in [3.63, 3.8) is 0 Å². The number of sulfonamides is 1. The Balaban J connectivity index is 2.05. The van der Waals surface area contributed by atoms with Crippen molar-refractivity contribution in [3.05, 3.63) is 42.0 Å². The molecule has 2 aromatic rings. The highest BCUT2D eigenvalue weighted by atomic mass is 32.2. The fraction of sp³-hybridized carbons (Fsp3) is 0.231. The third-order valence-electron chi connectivity index (χ3n) is 2.53. The first-order valence-electron chi connectivity index (χ1n) is 6.15. The number of aromatic amines is 1. The molecule has 2 rings (SSSR count). The highest BCUT2D eigenvalue weighted by molar-refractivity contribution is 7.89. The van der Waals surface area contributed by atoms with Gasteiger partial charge in [0.2, 0.25) is 10.0 Å². The van der Waals surface area contributed by atoms with Gasteiger partial charge in [-0.1, -0.05) is 11.8 Å². The second kappa shape index (κ2) is 6.99. The number of nitrogens with zero attached hydrogens (tertiary/aromatic N) is 2. The molecule has 0 spiro atoms. The van der Waals surface area contributed by atoms with Crippen LogP contribution in [0.3, 0.4) is 0 Å². The molecule has 0 bridgehead atoms.